The van der Waals surface area contributed by atoms with Gasteiger partial charge in [0.05, 0.1) is 5.69 Å². The average Bonchev–Trinajstić information content (AvgIpc) is 3.10. The van der Waals surface area contributed by atoms with Crippen LogP contribution < -0.4 is 5.32 Å². The van der Waals surface area contributed by atoms with Crippen LogP contribution in [0.5, 0.6) is 0 Å². The van der Waals surface area contributed by atoms with Crippen molar-refractivity contribution < 1.29 is 4.79 Å². The van der Waals surface area contributed by atoms with Crippen LogP contribution in [0.3, 0.4) is 0 Å². The van der Waals surface area contributed by atoms with Crippen LogP contribution in [0.25, 0.3) is 11.3 Å². The summed E-state index contributed by atoms with van der Waals surface area (Å²) in [6.45, 7) is 0. The molecule has 0 aliphatic heterocycles. The molecule has 0 radical (unpaired) electrons. The van der Waals surface area contributed by atoms with Crippen molar-refractivity contribution in [3.63, 3.8) is 0 Å². The lowest BCUT2D eigenvalue weighted by Crippen LogP contribution is -2.13. The van der Waals surface area contributed by atoms with Crippen molar-refractivity contribution >= 4 is 38.3 Å². The molecule has 2 aromatic carbocycles. The van der Waals surface area contributed by atoms with Gasteiger partial charge in [0.25, 0.3) is 5.91 Å². The molecule has 0 atom stereocenters. The first kappa shape index (κ1) is 16.5. The third kappa shape index (κ3) is 3.67. The zero-order chi connectivity index (χ0) is 17.2. The number of nitrogens with zero attached hydrogens (tertiary/aromatic N) is 1. The van der Waals surface area contributed by atoms with E-state index in [-0.39, 0.29) is 5.91 Å². The second kappa shape index (κ2) is 7.10. The summed E-state index contributed by atoms with van der Waals surface area (Å²) in [5.74, 6) is -0.0925. The first-order chi connectivity index (χ1) is 12.2. The van der Waals surface area contributed by atoms with Crippen molar-refractivity contribution in [2.45, 2.75) is 25.7 Å². The maximum Gasteiger partial charge on any atom is 0.257 e. The van der Waals surface area contributed by atoms with Gasteiger partial charge in [0.2, 0.25) is 0 Å². The van der Waals surface area contributed by atoms with E-state index in [1.165, 1.54) is 35.3 Å². The molecule has 1 aromatic heterocycles. The van der Waals surface area contributed by atoms with Crippen molar-refractivity contribution in [2.75, 3.05) is 5.32 Å². The van der Waals surface area contributed by atoms with Gasteiger partial charge < -0.3 is 0 Å². The summed E-state index contributed by atoms with van der Waals surface area (Å²) in [5.41, 5.74) is 5.32. The minimum atomic E-state index is -0.0925. The molecule has 5 heteroatoms. The van der Waals surface area contributed by atoms with E-state index in [1.807, 2.05) is 41.8 Å². The lowest BCUT2D eigenvalue weighted by Gasteiger charge is -2.16. The fraction of sp³-hybridized carbons (Fsp3) is 0.200. The Kier molecular flexibility index (Phi) is 4.68. The Morgan fingerprint density at radius 2 is 1.80 bits per heavy atom. The van der Waals surface area contributed by atoms with Gasteiger partial charge in [-0.25, -0.2) is 4.98 Å². The number of anilines is 1. The molecule has 1 N–H and O–H groups in total. The molecule has 0 fully saturated rings. The highest BCUT2D eigenvalue weighted by molar-refractivity contribution is 9.10. The second-order valence-electron chi connectivity index (χ2n) is 6.19. The van der Waals surface area contributed by atoms with Crippen LogP contribution in [0, 0.1) is 0 Å². The summed E-state index contributed by atoms with van der Waals surface area (Å²) >= 11 is 4.88. The number of fused-ring (bicyclic) bond motifs is 1. The predicted octanol–water partition coefficient (Wildman–Crippen LogP) is 5.70. The van der Waals surface area contributed by atoms with E-state index in [1.54, 1.807) is 0 Å². The summed E-state index contributed by atoms with van der Waals surface area (Å²) in [6, 6.07) is 14.0. The van der Waals surface area contributed by atoms with Gasteiger partial charge in [0.1, 0.15) is 0 Å². The van der Waals surface area contributed by atoms with E-state index in [2.05, 4.69) is 32.3 Å². The van der Waals surface area contributed by atoms with Crippen LogP contribution in [0.1, 0.15) is 34.3 Å². The van der Waals surface area contributed by atoms with Gasteiger partial charge >= 0.3 is 0 Å². The van der Waals surface area contributed by atoms with E-state index in [9.17, 15) is 4.79 Å². The molecule has 1 amide bonds. The number of carbonyl (C=O) groups excluding carboxylic acids is 1. The first-order valence-corrected chi connectivity index (χ1v) is 10.0. The number of aryl methyl sites for hydroxylation is 2. The van der Waals surface area contributed by atoms with Crippen LogP contribution in [-0.4, -0.2) is 10.9 Å². The van der Waals surface area contributed by atoms with Gasteiger partial charge in [-0.3, -0.25) is 10.1 Å². The number of nitrogens with one attached hydrogen (secondary N) is 1. The van der Waals surface area contributed by atoms with Crippen molar-refractivity contribution in [2.24, 2.45) is 0 Å². The molecule has 1 aliphatic carbocycles. The maximum atomic E-state index is 12.5. The highest BCUT2D eigenvalue weighted by Crippen LogP contribution is 2.27. The fourth-order valence-corrected chi connectivity index (χ4v) is 4.11. The molecule has 1 aliphatic rings. The number of rotatable bonds is 3. The molecule has 3 nitrogen and oxygen atoms in total. The Labute approximate surface area is 159 Å². The number of benzene rings is 2. The number of carbonyl (C=O) groups is 1. The minimum Gasteiger partial charge on any atom is -0.298 e. The fourth-order valence-electron chi connectivity index (χ4n) is 3.13. The molecule has 126 valence electrons. The average molecular weight is 413 g/mol. The quantitative estimate of drug-likeness (QED) is 0.598. The van der Waals surface area contributed by atoms with Gasteiger partial charge in [0, 0.05) is 21.0 Å². The molecular formula is C20H17BrN2OS. The van der Waals surface area contributed by atoms with Crippen LogP contribution in [0.15, 0.2) is 52.3 Å². The molecular weight excluding hydrogens is 396 g/mol. The lowest BCUT2D eigenvalue weighted by atomic mass is 9.90. The molecule has 1 heterocycles. The normalized spacial score (nSPS) is 13.3. The summed E-state index contributed by atoms with van der Waals surface area (Å²) in [4.78, 5) is 17.1. The number of amides is 1. The van der Waals surface area contributed by atoms with Crippen LogP contribution >= 0.6 is 27.3 Å². The second-order valence-corrected chi connectivity index (χ2v) is 7.96. The number of hydrogen-bond acceptors (Lipinski definition) is 3. The SMILES string of the molecule is O=C(Nc1nc(-c2ccc(Br)cc2)cs1)c1ccc2c(c1)CCCC2. The van der Waals surface area contributed by atoms with Gasteiger partial charge in [-0.1, -0.05) is 34.1 Å². The van der Waals surface area contributed by atoms with E-state index in [0.29, 0.717) is 10.7 Å². The Morgan fingerprint density at radius 1 is 1.04 bits per heavy atom. The summed E-state index contributed by atoms with van der Waals surface area (Å²) in [7, 11) is 0. The minimum absolute atomic E-state index is 0.0925. The monoisotopic (exact) mass is 412 g/mol. The summed E-state index contributed by atoms with van der Waals surface area (Å²) < 4.78 is 1.03. The third-order valence-corrected chi connectivity index (χ3v) is 5.76. The van der Waals surface area contributed by atoms with Crippen LogP contribution in [0.2, 0.25) is 0 Å². The molecule has 0 saturated heterocycles. The smallest absolute Gasteiger partial charge is 0.257 e. The number of halogens is 1. The zero-order valence-corrected chi connectivity index (χ0v) is 16.0. The molecule has 0 unspecified atom stereocenters. The standard InChI is InChI=1S/C20H17BrN2OS/c21-17-9-7-14(8-10-17)18-12-25-20(22-18)23-19(24)16-6-5-13-3-1-2-4-15(13)11-16/h5-12H,1-4H2,(H,22,23,24). The van der Waals surface area contributed by atoms with Crippen molar-refractivity contribution in [1.82, 2.24) is 4.98 Å². The van der Waals surface area contributed by atoms with Gasteiger partial charge in [-0.15, -0.1) is 11.3 Å². The summed E-state index contributed by atoms with van der Waals surface area (Å²) in [6.07, 6.45) is 4.65. The van der Waals surface area contributed by atoms with Gasteiger partial charge in [-0.05, 0) is 61.1 Å². The molecule has 25 heavy (non-hydrogen) atoms. The van der Waals surface area contributed by atoms with E-state index >= 15 is 0 Å². The molecule has 0 bridgehead atoms. The molecule has 0 spiro atoms. The van der Waals surface area contributed by atoms with Crippen molar-refractivity contribution in [3.05, 3.63) is 69.0 Å². The number of hydrogen-bond donors (Lipinski definition) is 1. The van der Waals surface area contributed by atoms with Crippen LogP contribution in [0.4, 0.5) is 5.13 Å². The first-order valence-electron chi connectivity index (χ1n) is 8.34. The van der Waals surface area contributed by atoms with Crippen molar-refractivity contribution in [1.29, 1.82) is 0 Å². The number of aromatic nitrogens is 1. The highest BCUT2D eigenvalue weighted by atomic mass is 79.9. The van der Waals surface area contributed by atoms with E-state index in [0.717, 1.165) is 28.6 Å². The molecule has 0 saturated carbocycles. The van der Waals surface area contributed by atoms with Crippen LogP contribution in [-0.2, 0) is 12.8 Å². The van der Waals surface area contributed by atoms with Gasteiger partial charge in [0.15, 0.2) is 5.13 Å². The topological polar surface area (TPSA) is 42.0 Å². The Morgan fingerprint density at radius 3 is 2.60 bits per heavy atom. The zero-order valence-electron chi connectivity index (χ0n) is 13.6. The number of thiazole rings is 1. The molecule has 3 aromatic rings. The Hall–Kier alpha value is -1.98. The third-order valence-electron chi connectivity index (χ3n) is 4.48. The van der Waals surface area contributed by atoms with E-state index < -0.39 is 0 Å². The summed E-state index contributed by atoms with van der Waals surface area (Å²) in [5, 5.41) is 5.52. The lowest BCUT2D eigenvalue weighted by molar-refractivity contribution is 0.102. The Bertz CT molecular complexity index is 918. The highest BCUT2D eigenvalue weighted by Gasteiger charge is 2.14. The van der Waals surface area contributed by atoms with E-state index in [4.69, 9.17) is 0 Å². The predicted molar refractivity (Wildman–Crippen MR) is 106 cm³/mol. The van der Waals surface area contributed by atoms with Gasteiger partial charge in [-0.2, -0.15) is 0 Å². The molecule has 4 rings (SSSR count). The maximum absolute atomic E-state index is 12.5. The van der Waals surface area contributed by atoms with Crippen molar-refractivity contribution in [3.8, 4) is 11.3 Å². The Balaban J connectivity index is 1.50. The largest absolute Gasteiger partial charge is 0.298 e.